The van der Waals surface area contributed by atoms with E-state index in [2.05, 4.69) is 19.0 Å². The Morgan fingerprint density at radius 2 is 1.88 bits per heavy atom. The number of nitrogens with zero attached hydrogens (tertiary/aromatic N) is 1. The number of fused-ring (bicyclic) bond motifs is 1. The summed E-state index contributed by atoms with van der Waals surface area (Å²) in [6.07, 6.45) is 3.95. The highest BCUT2D eigenvalue weighted by atomic mass is 16.7. The Bertz CT molecular complexity index is 645. The van der Waals surface area contributed by atoms with Gasteiger partial charge in [0.2, 0.25) is 0 Å². The molecule has 1 saturated carbocycles. The predicted octanol–water partition coefficient (Wildman–Crippen LogP) is 3.31. The molecular weight excluding hydrogens is 306 g/mol. The zero-order valence-electron chi connectivity index (χ0n) is 15.3. The van der Waals surface area contributed by atoms with Crippen molar-refractivity contribution in [3.8, 4) is 11.5 Å². The van der Waals surface area contributed by atoms with Crippen LogP contribution < -0.4 is 9.47 Å². The van der Waals surface area contributed by atoms with Gasteiger partial charge < -0.3 is 19.1 Å². The number of methoxy groups -OCH3 is 1. The molecule has 1 spiro atoms. The van der Waals surface area contributed by atoms with Crippen molar-refractivity contribution in [1.82, 2.24) is 4.90 Å². The van der Waals surface area contributed by atoms with Crippen molar-refractivity contribution in [3.05, 3.63) is 22.8 Å². The smallest absolute Gasteiger partial charge is 0.338 e. The molecule has 0 amide bonds. The maximum absolute atomic E-state index is 12.0. The summed E-state index contributed by atoms with van der Waals surface area (Å²) in [5.74, 6) is 1.29. The van der Waals surface area contributed by atoms with E-state index in [1.807, 2.05) is 19.9 Å². The normalized spacial score (nSPS) is 25.3. The number of aryl methyl sites for hydroxylation is 1. The molecule has 132 valence electrons. The van der Waals surface area contributed by atoms with Gasteiger partial charge in [0.1, 0.15) is 0 Å². The van der Waals surface area contributed by atoms with Crippen LogP contribution >= 0.6 is 0 Å². The Labute approximate surface area is 143 Å². The van der Waals surface area contributed by atoms with E-state index in [-0.39, 0.29) is 5.97 Å². The molecule has 0 aromatic heterocycles. The minimum absolute atomic E-state index is 0.336. The Kier molecular flexibility index (Phi) is 4.47. The van der Waals surface area contributed by atoms with Gasteiger partial charge in [-0.25, -0.2) is 4.79 Å². The number of esters is 1. The molecule has 0 N–H and O–H groups in total. The van der Waals surface area contributed by atoms with Crippen molar-refractivity contribution >= 4 is 5.97 Å². The van der Waals surface area contributed by atoms with Crippen LogP contribution in [0.25, 0.3) is 0 Å². The highest BCUT2D eigenvalue weighted by Crippen LogP contribution is 2.50. The lowest BCUT2D eigenvalue weighted by Crippen LogP contribution is -2.43. The van der Waals surface area contributed by atoms with E-state index in [0.29, 0.717) is 17.2 Å². The SMILES string of the molecule is COC(=O)c1cc(C)c2c(c1C)OC1(CCC(CN(C)C)CC1)O2. The third-order valence-corrected chi connectivity index (χ3v) is 5.14. The lowest BCUT2D eigenvalue weighted by atomic mass is 9.85. The molecule has 1 heterocycles. The monoisotopic (exact) mass is 333 g/mol. The van der Waals surface area contributed by atoms with Gasteiger partial charge in [-0.2, -0.15) is 0 Å². The van der Waals surface area contributed by atoms with Crippen LogP contribution in [0.15, 0.2) is 6.07 Å². The maximum Gasteiger partial charge on any atom is 0.338 e. The fourth-order valence-corrected chi connectivity index (χ4v) is 3.85. The molecule has 2 aliphatic rings. The molecule has 1 aromatic carbocycles. The maximum atomic E-state index is 12.0. The van der Waals surface area contributed by atoms with Gasteiger partial charge in [-0.15, -0.1) is 0 Å². The molecule has 5 heteroatoms. The number of ether oxygens (including phenoxy) is 3. The third-order valence-electron chi connectivity index (χ3n) is 5.14. The molecule has 1 fully saturated rings. The zero-order chi connectivity index (χ0) is 17.5. The van der Waals surface area contributed by atoms with E-state index < -0.39 is 5.79 Å². The number of carbonyl (C=O) groups is 1. The van der Waals surface area contributed by atoms with E-state index in [4.69, 9.17) is 14.2 Å². The molecule has 3 rings (SSSR count). The third kappa shape index (κ3) is 2.97. The average molecular weight is 333 g/mol. The van der Waals surface area contributed by atoms with Crippen LogP contribution in [-0.4, -0.2) is 44.4 Å². The summed E-state index contributed by atoms with van der Waals surface area (Å²) in [5, 5.41) is 0. The Morgan fingerprint density at radius 1 is 1.25 bits per heavy atom. The minimum atomic E-state index is -0.560. The van der Waals surface area contributed by atoms with Crippen molar-refractivity contribution in [3.63, 3.8) is 0 Å². The average Bonchev–Trinajstić information content (AvgIpc) is 2.92. The van der Waals surface area contributed by atoms with Crippen LogP contribution in [0.5, 0.6) is 11.5 Å². The summed E-state index contributed by atoms with van der Waals surface area (Å²) in [6, 6.07) is 1.83. The fraction of sp³-hybridized carbons (Fsp3) is 0.632. The zero-order valence-corrected chi connectivity index (χ0v) is 15.3. The van der Waals surface area contributed by atoms with Crippen molar-refractivity contribution in [2.75, 3.05) is 27.7 Å². The van der Waals surface area contributed by atoms with Crippen molar-refractivity contribution in [2.45, 2.75) is 45.3 Å². The van der Waals surface area contributed by atoms with Crippen LogP contribution in [0.2, 0.25) is 0 Å². The van der Waals surface area contributed by atoms with Crippen LogP contribution in [0.4, 0.5) is 0 Å². The van der Waals surface area contributed by atoms with Gasteiger partial charge in [-0.3, -0.25) is 0 Å². The largest absolute Gasteiger partial charge is 0.465 e. The first kappa shape index (κ1) is 17.1. The summed E-state index contributed by atoms with van der Waals surface area (Å²) < 4.78 is 17.5. The summed E-state index contributed by atoms with van der Waals surface area (Å²) in [5.41, 5.74) is 2.27. The highest BCUT2D eigenvalue weighted by molar-refractivity contribution is 5.92. The molecule has 1 aliphatic heterocycles. The van der Waals surface area contributed by atoms with E-state index in [1.54, 1.807) is 0 Å². The van der Waals surface area contributed by atoms with Gasteiger partial charge in [0.15, 0.2) is 11.5 Å². The molecule has 0 atom stereocenters. The van der Waals surface area contributed by atoms with Crippen molar-refractivity contribution in [2.24, 2.45) is 5.92 Å². The van der Waals surface area contributed by atoms with Crippen LogP contribution in [0, 0.1) is 19.8 Å². The first-order valence-electron chi connectivity index (χ1n) is 8.60. The molecule has 1 aromatic rings. The second-order valence-electron chi connectivity index (χ2n) is 7.34. The first-order valence-corrected chi connectivity index (χ1v) is 8.60. The van der Waals surface area contributed by atoms with Crippen molar-refractivity contribution in [1.29, 1.82) is 0 Å². The molecule has 24 heavy (non-hydrogen) atoms. The summed E-state index contributed by atoms with van der Waals surface area (Å²) in [4.78, 5) is 14.2. The quantitative estimate of drug-likeness (QED) is 0.794. The summed E-state index contributed by atoms with van der Waals surface area (Å²) in [6.45, 7) is 4.95. The molecule has 0 unspecified atom stereocenters. The van der Waals surface area contributed by atoms with Gasteiger partial charge in [0.25, 0.3) is 5.79 Å². The first-order chi connectivity index (χ1) is 11.3. The van der Waals surface area contributed by atoms with E-state index in [0.717, 1.165) is 49.1 Å². The van der Waals surface area contributed by atoms with E-state index in [1.165, 1.54) is 7.11 Å². The van der Waals surface area contributed by atoms with Gasteiger partial charge in [0, 0.05) is 24.9 Å². The Balaban J connectivity index is 1.81. The molecule has 1 aliphatic carbocycles. The molecule has 0 bridgehead atoms. The Hall–Kier alpha value is -1.75. The van der Waals surface area contributed by atoms with Crippen LogP contribution in [0.3, 0.4) is 0 Å². The highest BCUT2D eigenvalue weighted by Gasteiger charge is 2.46. The molecule has 5 nitrogen and oxygen atoms in total. The topological polar surface area (TPSA) is 48.0 Å². The van der Waals surface area contributed by atoms with Gasteiger partial charge in [0.05, 0.1) is 12.7 Å². The van der Waals surface area contributed by atoms with E-state index in [9.17, 15) is 4.79 Å². The summed E-state index contributed by atoms with van der Waals surface area (Å²) in [7, 11) is 5.63. The van der Waals surface area contributed by atoms with Crippen LogP contribution in [0.1, 0.15) is 47.2 Å². The van der Waals surface area contributed by atoms with Gasteiger partial charge in [-0.1, -0.05) is 0 Å². The van der Waals surface area contributed by atoms with Crippen LogP contribution in [-0.2, 0) is 4.74 Å². The number of carbonyl (C=O) groups excluding carboxylic acids is 1. The molecular formula is C19H27NO4. The predicted molar refractivity (Wildman–Crippen MR) is 91.8 cm³/mol. The number of hydrogen-bond donors (Lipinski definition) is 0. The number of benzene rings is 1. The van der Waals surface area contributed by atoms with Gasteiger partial charge in [-0.05, 0) is 58.3 Å². The Morgan fingerprint density at radius 3 is 2.46 bits per heavy atom. The lowest BCUT2D eigenvalue weighted by molar-refractivity contribution is -0.115. The van der Waals surface area contributed by atoms with Gasteiger partial charge >= 0.3 is 5.97 Å². The summed E-state index contributed by atoms with van der Waals surface area (Å²) >= 11 is 0. The van der Waals surface area contributed by atoms with E-state index >= 15 is 0 Å². The number of rotatable bonds is 3. The standard InChI is InChI=1S/C19H27NO4/c1-12-10-15(18(21)22-5)13(2)17-16(12)23-19(24-17)8-6-14(7-9-19)11-20(3)4/h10,14H,6-9,11H2,1-5H3. The number of hydrogen-bond acceptors (Lipinski definition) is 5. The minimum Gasteiger partial charge on any atom is -0.465 e. The second-order valence-corrected chi connectivity index (χ2v) is 7.34. The molecule has 0 saturated heterocycles. The lowest BCUT2D eigenvalue weighted by Gasteiger charge is -2.36. The second kappa shape index (κ2) is 6.28. The fourth-order valence-electron chi connectivity index (χ4n) is 3.85. The molecule has 0 radical (unpaired) electrons. The van der Waals surface area contributed by atoms with Crippen molar-refractivity contribution < 1.29 is 19.0 Å².